The van der Waals surface area contributed by atoms with E-state index in [1.54, 1.807) is 0 Å². The molecular formula is C11H20O. The molecule has 1 nitrogen and oxygen atoms in total. The van der Waals surface area contributed by atoms with Crippen LogP contribution in [0.25, 0.3) is 0 Å². The maximum atomic E-state index is 5.63. The minimum atomic E-state index is 0.340. The van der Waals surface area contributed by atoms with E-state index in [1.165, 1.54) is 19.3 Å². The molecule has 1 saturated heterocycles. The summed E-state index contributed by atoms with van der Waals surface area (Å²) in [6.07, 6.45) is 4.12. The molecule has 1 spiro atoms. The van der Waals surface area contributed by atoms with Crippen LogP contribution >= 0.6 is 0 Å². The van der Waals surface area contributed by atoms with E-state index in [-0.39, 0.29) is 0 Å². The Balaban J connectivity index is 1.99. The van der Waals surface area contributed by atoms with Crippen LogP contribution in [0.3, 0.4) is 0 Å². The van der Waals surface area contributed by atoms with Crippen molar-refractivity contribution in [1.82, 2.24) is 0 Å². The molecule has 2 fully saturated rings. The average molecular weight is 168 g/mol. The van der Waals surface area contributed by atoms with Crippen molar-refractivity contribution in [2.24, 2.45) is 17.8 Å². The normalized spacial score (nSPS) is 47.0. The van der Waals surface area contributed by atoms with Gasteiger partial charge in [-0.1, -0.05) is 20.8 Å². The van der Waals surface area contributed by atoms with Gasteiger partial charge in [-0.05, 0) is 37.0 Å². The van der Waals surface area contributed by atoms with Gasteiger partial charge in [0.2, 0.25) is 0 Å². The lowest BCUT2D eigenvalue weighted by Crippen LogP contribution is -2.32. The summed E-state index contributed by atoms with van der Waals surface area (Å²) in [7, 11) is 0. The fraction of sp³-hybridized carbons (Fsp3) is 1.00. The topological polar surface area (TPSA) is 12.5 Å². The van der Waals surface area contributed by atoms with Crippen LogP contribution in [0.15, 0.2) is 0 Å². The van der Waals surface area contributed by atoms with Crippen molar-refractivity contribution in [2.45, 2.75) is 45.6 Å². The maximum absolute atomic E-state index is 5.63. The van der Waals surface area contributed by atoms with Crippen molar-refractivity contribution in [1.29, 1.82) is 0 Å². The molecule has 2 aliphatic rings. The van der Waals surface area contributed by atoms with Crippen LogP contribution in [0.5, 0.6) is 0 Å². The van der Waals surface area contributed by atoms with Crippen molar-refractivity contribution >= 4 is 0 Å². The molecule has 1 saturated carbocycles. The summed E-state index contributed by atoms with van der Waals surface area (Å²) in [6.45, 7) is 8.08. The van der Waals surface area contributed by atoms with E-state index in [4.69, 9.17) is 4.74 Å². The first-order chi connectivity index (χ1) is 5.64. The van der Waals surface area contributed by atoms with Crippen LogP contribution in [0, 0.1) is 17.8 Å². The second-order valence-corrected chi connectivity index (χ2v) is 5.04. The van der Waals surface area contributed by atoms with Crippen LogP contribution in [0.2, 0.25) is 0 Å². The molecule has 0 amide bonds. The summed E-state index contributed by atoms with van der Waals surface area (Å²) >= 11 is 0. The zero-order valence-corrected chi connectivity index (χ0v) is 8.47. The first-order valence-corrected chi connectivity index (χ1v) is 5.28. The van der Waals surface area contributed by atoms with Crippen molar-refractivity contribution in [3.8, 4) is 0 Å². The number of ether oxygens (including phenoxy) is 1. The van der Waals surface area contributed by atoms with Crippen LogP contribution in [-0.2, 0) is 4.74 Å². The first-order valence-electron chi connectivity index (χ1n) is 5.28. The van der Waals surface area contributed by atoms with Gasteiger partial charge < -0.3 is 4.74 Å². The van der Waals surface area contributed by atoms with E-state index in [2.05, 4.69) is 20.8 Å². The van der Waals surface area contributed by atoms with Crippen LogP contribution in [-0.4, -0.2) is 12.2 Å². The highest BCUT2D eigenvalue weighted by atomic mass is 16.6. The van der Waals surface area contributed by atoms with E-state index in [9.17, 15) is 0 Å². The van der Waals surface area contributed by atoms with Crippen molar-refractivity contribution in [3.05, 3.63) is 0 Å². The van der Waals surface area contributed by atoms with E-state index in [0.29, 0.717) is 5.60 Å². The third-order valence-corrected chi connectivity index (χ3v) is 3.93. The molecule has 70 valence electrons. The summed E-state index contributed by atoms with van der Waals surface area (Å²) in [5, 5.41) is 0. The van der Waals surface area contributed by atoms with Gasteiger partial charge in [-0.25, -0.2) is 0 Å². The molecule has 2 unspecified atom stereocenters. The second-order valence-electron chi connectivity index (χ2n) is 5.04. The van der Waals surface area contributed by atoms with Crippen molar-refractivity contribution < 1.29 is 4.74 Å². The monoisotopic (exact) mass is 168 g/mol. The summed E-state index contributed by atoms with van der Waals surface area (Å²) in [4.78, 5) is 0. The SMILES string of the molecule is CC(C)[C@H]1CCC(C)C2(CO2)C1. The molecule has 0 radical (unpaired) electrons. The fourth-order valence-corrected chi connectivity index (χ4v) is 2.54. The Bertz CT molecular complexity index is 170. The van der Waals surface area contributed by atoms with Crippen LogP contribution in [0.4, 0.5) is 0 Å². The number of hydrogen-bond donors (Lipinski definition) is 0. The lowest BCUT2D eigenvalue weighted by atomic mass is 9.71. The molecule has 3 atom stereocenters. The smallest absolute Gasteiger partial charge is 0.0944 e. The predicted molar refractivity (Wildman–Crippen MR) is 50.0 cm³/mol. The average Bonchev–Trinajstić information content (AvgIpc) is 2.76. The van der Waals surface area contributed by atoms with Gasteiger partial charge in [0.1, 0.15) is 0 Å². The van der Waals surface area contributed by atoms with Crippen LogP contribution in [0.1, 0.15) is 40.0 Å². The number of hydrogen-bond acceptors (Lipinski definition) is 1. The number of epoxide rings is 1. The Hall–Kier alpha value is -0.0400. The zero-order valence-electron chi connectivity index (χ0n) is 8.47. The van der Waals surface area contributed by atoms with Crippen molar-refractivity contribution in [3.63, 3.8) is 0 Å². The summed E-state index contributed by atoms with van der Waals surface area (Å²) in [6, 6.07) is 0. The van der Waals surface area contributed by atoms with Gasteiger partial charge >= 0.3 is 0 Å². The van der Waals surface area contributed by atoms with Crippen LogP contribution < -0.4 is 0 Å². The summed E-state index contributed by atoms with van der Waals surface area (Å²) in [5.74, 6) is 2.58. The zero-order chi connectivity index (χ0) is 8.77. The number of rotatable bonds is 1. The fourth-order valence-electron chi connectivity index (χ4n) is 2.54. The third-order valence-electron chi connectivity index (χ3n) is 3.93. The molecule has 1 aliphatic carbocycles. The lowest BCUT2D eigenvalue weighted by Gasteiger charge is -2.34. The minimum Gasteiger partial charge on any atom is -0.369 e. The van der Waals surface area contributed by atoms with Gasteiger partial charge in [0.25, 0.3) is 0 Å². The van der Waals surface area contributed by atoms with Gasteiger partial charge in [-0.2, -0.15) is 0 Å². The maximum Gasteiger partial charge on any atom is 0.0944 e. The van der Waals surface area contributed by atoms with E-state index < -0.39 is 0 Å². The molecule has 1 aliphatic heterocycles. The Morgan fingerprint density at radius 1 is 1.33 bits per heavy atom. The minimum absolute atomic E-state index is 0.340. The molecule has 2 rings (SSSR count). The highest BCUT2D eigenvalue weighted by Gasteiger charge is 2.52. The van der Waals surface area contributed by atoms with Gasteiger partial charge in [-0.3, -0.25) is 0 Å². The van der Waals surface area contributed by atoms with Gasteiger partial charge in [0.15, 0.2) is 0 Å². The molecule has 0 aromatic heterocycles. The summed E-state index contributed by atoms with van der Waals surface area (Å²) < 4.78 is 5.63. The van der Waals surface area contributed by atoms with Gasteiger partial charge in [-0.15, -0.1) is 0 Å². The third kappa shape index (κ3) is 1.28. The Kier molecular flexibility index (Phi) is 1.95. The molecule has 0 N–H and O–H groups in total. The molecule has 12 heavy (non-hydrogen) atoms. The molecule has 0 bridgehead atoms. The molecular weight excluding hydrogens is 148 g/mol. The van der Waals surface area contributed by atoms with E-state index in [1.807, 2.05) is 0 Å². The van der Waals surface area contributed by atoms with Gasteiger partial charge in [0, 0.05) is 0 Å². The quantitative estimate of drug-likeness (QED) is 0.548. The van der Waals surface area contributed by atoms with Crippen molar-refractivity contribution in [2.75, 3.05) is 6.61 Å². The second kappa shape index (κ2) is 2.73. The largest absolute Gasteiger partial charge is 0.369 e. The predicted octanol–water partition coefficient (Wildman–Crippen LogP) is 2.85. The standard InChI is InChI=1S/C11H20O/c1-8(2)10-5-4-9(3)11(6-10)7-12-11/h8-10H,4-7H2,1-3H3/t9?,10-,11?/m0/s1. The highest BCUT2D eigenvalue weighted by Crippen LogP contribution is 2.49. The molecule has 0 aromatic carbocycles. The highest BCUT2D eigenvalue weighted by molar-refractivity contribution is 5.01. The Morgan fingerprint density at radius 2 is 2.00 bits per heavy atom. The molecule has 1 heterocycles. The Labute approximate surface area is 75.5 Å². The molecule has 1 heteroatoms. The van der Waals surface area contributed by atoms with Gasteiger partial charge in [0.05, 0.1) is 12.2 Å². The first kappa shape index (κ1) is 8.55. The van der Waals surface area contributed by atoms with E-state index in [0.717, 1.165) is 24.4 Å². The summed E-state index contributed by atoms with van der Waals surface area (Å²) in [5.41, 5.74) is 0.340. The Morgan fingerprint density at radius 3 is 2.50 bits per heavy atom. The molecule has 0 aromatic rings. The lowest BCUT2D eigenvalue weighted by molar-refractivity contribution is 0.110. The van der Waals surface area contributed by atoms with E-state index >= 15 is 0 Å².